The Bertz CT molecular complexity index is 1690. The first kappa shape index (κ1) is 50.0. The molecule has 65 heavy (non-hydrogen) atoms. The Labute approximate surface area is 381 Å². The van der Waals surface area contributed by atoms with Gasteiger partial charge >= 0.3 is 0 Å². The van der Waals surface area contributed by atoms with E-state index in [1.807, 2.05) is 13.8 Å². The van der Waals surface area contributed by atoms with Gasteiger partial charge in [-0.05, 0) is 112 Å². The summed E-state index contributed by atoms with van der Waals surface area (Å²) >= 11 is 0. The molecule has 3 saturated heterocycles. The van der Waals surface area contributed by atoms with Crippen molar-refractivity contribution in [2.45, 2.75) is 203 Å². The van der Waals surface area contributed by atoms with E-state index in [0.29, 0.717) is 37.2 Å². The number of fused-ring (bicyclic) bond motifs is 7. The van der Waals surface area contributed by atoms with E-state index in [2.05, 4.69) is 26.8 Å². The molecule has 0 radical (unpaired) electrons. The Kier molecular flexibility index (Phi) is 15.2. The van der Waals surface area contributed by atoms with E-state index in [1.54, 1.807) is 0 Å². The van der Waals surface area contributed by atoms with Gasteiger partial charge in [-0.2, -0.15) is 0 Å². The van der Waals surface area contributed by atoms with Crippen molar-refractivity contribution in [1.82, 2.24) is 0 Å². The van der Waals surface area contributed by atoms with E-state index in [0.717, 1.165) is 44.3 Å². The van der Waals surface area contributed by atoms with Gasteiger partial charge in [-0.25, -0.2) is 0 Å². The lowest BCUT2D eigenvalue weighted by atomic mass is 9.47. The standard InChI is InChI=1S/C47H76O18/c1-7-58-29(14-20(2)19-59-43-38(55)36(53)34(51)30(17-48)63-43)41-21(3)32-28(62-41)16-27-25-9-8-23-15-24(10-12-46(23,5)26(25)11-13-47(27,32)6)61-45-40(57)37(54)42(31(18-49)64-45)65-44-39(56)35(52)33(50)22(4)60-44/h8,20,22,24-40,42-45,48-57H,7,9-19H2,1-6H3/t20-,22-,24-,25?,26?,27?,28?,29+,30+,31+,32?,33-,34+,35+,36-,37+,38+,39+,40+,42+,43+,44-,45+,46-,47-/m0/s1. The minimum absolute atomic E-state index is 0.0270. The first-order valence-corrected chi connectivity index (χ1v) is 24.1. The first-order valence-electron chi connectivity index (χ1n) is 24.1. The molecule has 0 bridgehead atoms. The molecule has 10 N–H and O–H groups in total. The van der Waals surface area contributed by atoms with E-state index in [4.69, 9.17) is 37.9 Å². The molecule has 0 aromatic carbocycles. The molecule has 4 heterocycles. The highest BCUT2D eigenvalue weighted by atomic mass is 16.7. The zero-order valence-electron chi connectivity index (χ0n) is 38.6. The monoisotopic (exact) mass is 929 g/mol. The predicted octanol–water partition coefficient (Wildman–Crippen LogP) is 0.133. The van der Waals surface area contributed by atoms with E-state index in [1.165, 1.54) is 18.1 Å². The average molecular weight is 929 g/mol. The zero-order chi connectivity index (χ0) is 46.9. The average Bonchev–Trinajstić information content (AvgIpc) is 3.78. The minimum Gasteiger partial charge on any atom is -0.491 e. The van der Waals surface area contributed by atoms with Crippen LogP contribution in [0.4, 0.5) is 0 Å². The fraction of sp³-hybridized carbons (Fsp3) is 0.915. The highest BCUT2D eigenvalue weighted by Gasteiger charge is 2.64. The van der Waals surface area contributed by atoms with Crippen LogP contribution in [0.3, 0.4) is 0 Å². The summed E-state index contributed by atoms with van der Waals surface area (Å²) in [5.74, 6) is 2.58. The van der Waals surface area contributed by atoms with Crippen LogP contribution in [0.2, 0.25) is 0 Å². The molecule has 18 heteroatoms. The molecular formula is C47H76O18. The largest absolute Gasteiger partial charge is 0.491 e. The Morgan fingerprint density at radius 1 is 0.769 bits per heavy atom. The zero-order valence-corrected chi connectivity index (χ0v) is 38.6. The van der Waals surface area contributed by atoms with E-state index >= 15 is 0 Å². The number of hydrogen-bond acceptors (Lipinski definition) is 18. The Balaban J connectivity index is 0.885. The van der Waals surface area contributed by atoms with Gasteiger partial charge in [0.25, 0.3) is 0 Å². The molecule has 0 amide bonds. The molecule has 25 atom stereocenters. The Hall–Kier alpha value is -1.40. The summed E-state index contributed by atoms with van der Waals surface area (Å²) in [7, 11) is 0. The lowest BCUT2D eigenvalue weighted by Crippen LogP contribution is -2.64. The van der Waals surface area contributed by atoms with Crippen LogP contribution in [0.5, 0.6) is 0 Å². The maximum absolute atomic E-state index is 11.2. The molecule has 0 spiro atoms. The molecule has 8 rings (SSSR count). The van der Waals surface area contributed by atoms with E-state index < -0.39 is 105 Å². The van der Waals surface area contributed by atoms with Gasteiger partial charge < -0.3 is 89.0 Å². The predicted molar refractivity (Wildman–Crippen MR) is 227 cm³/mol. The molecule has 8 aliphatic rings. The molecule has 6 fully saturated rings. The maximum Gasteiger partial charge on any atom is 0.187 e. The van der Waals surface area contributed by atoms with Crippen LogP contribution in [-0.4, -0.2) is 188 Å². The fourth-order valence-electron chi connectivity index (χ4n) is 13.5. The summed E-state index contributed by atoms with van der Waals surface area (Å²) in [6, 6.07) is 0. The molecule has 372 valence electrons. The Morgan fingerprint density at radius 3 is 2.14 bits per heavy atom. The van der Waals surface area contributed by atoms with Crippen LogP contribution in [0.15, 0.2) is 23.0 Å². The number of aliphatic hydroxyl groups is 10. The topological polar surface area (TPSA) is 276 Å². The molecule has 5 unspecified atom stereocenters. The SMILES string of the molecule is CCO[C@H](C[C@H](C)CO[C@@H]1O[C@H](CO)[C@@H](O)[C@H](O)[C@H]1O)C1=C(C)C2C(CC3C4CC=C5C[C@@H](O[C@@H]6O[C@H](CO)[C@@H](O[C@@H]7O[C@@H](C)[C@H](O)[C@@H](O)[C@H]7O)[C@H](O)[C@H]6O)CC[C@]5(C)C4CC[C@@]32C)O1. The summed E-state index contributed by atoms with van der Waals surface area (Å²) in [5, 5.41) is 104. The van der Waals surface area contributed by atoms with Gasteiger partial charge in [-0.3, -0.25) is 0 Å². The summed E-state index contributed by atoms with van der Waals surface area (Å²) in [6.07, 6.45) is -11.5. The molecule has 18 nitrogen and oxygen atoms in total. The summed E-state index contributed by atoms with van der Waals surface area (Å²) in [4.78, 5) is 0. The second-order valence-electron chi connectivity index (χ2n) is 21.0. The van der Waals surface area contributed by atoms with Crippen LogP contribution < -0.4 is 0 Å². The number of hydrogen-bond donors (Lipinski definition) is 10. The van der Waals surface area contributed by atoms with Gasteiger partial charge in [0, 0.05) is 12.5 Å². The van der Waals surface area contributed by atoms with Crippen molar-refractivity contribution < 1.29 is 89.0 Å². The van der Waals surface area contributed by atoms with Crippen LogP contribution in [-0.2, 0) is 37.9 Å². The third-order valence-corrected chi connectivity index (χ3v) is 17.1. The molecule has 0 aromatic rings. The molecule has 4 aliphatic carbocycles. The Morgan fingerprint density at radius 2 is 1.43 bits per heavy atom. The van der Waals surface area contributed by atoms with Crippen LogP contribution in [0.25, 0.3) is 0 Å². The second kappa shape index (κ2) is 19.8. The van der Waals surface area contributed by atoms with Crippen LogP contribution >= 0.6 is 0 Å². The van der Waals surface area contributed by atoms with Crippen molar-refractivity contribution in [1.29, 1.82) is 0 Å². The minimum atomic E-state index is -1.64. The fourth-order valence-corrected chi connectivity index (χ4v) is 13.5. The van der Waals surface area contributed by atoms with Crippen molar-refractivity contribution in [2.75, 3.05) is 26.4 Å². The lowest BCUT2D eigenvalue weighted by Gasteiger charge is -2.58. The molecule has 4 aliphatic heterocycles. The van der Waals surface area contributed by atoms with Crippen molar-refractivity contribution in [3.05, 3.63) is 23.0 Å². The van der Waals surface area contributed by atoms with Gasteiger partial charge in [-0.15, -0.1) is 0 Å². The number of ether oxygens (including phenoxy) is 8. The second-order valence-corrected chi connectivity index (χ2v) is 21.0. The summed E-state index contributed by atoms with van der Waals surface area (Å²) in [6.45, 7) is 12.1. The quantitative estimate of drug-likeness (QED) is 0.104. The molecular weight excluding hydrogens is 852 g/mol. The normalized spacial score (nSPS) is 50.7. The van der Waals surface area contributed by atoms with Crippen molar-refractivity contribution in [3.63, 3.8) is 0 Å². The highest BCUT2D eigenvalue weighted by Crippen LogP contribution is 2.69. The first-order chi connectivity index (χ1) is 30.9. The van der Waals surface area contributed by atoms with Gasteiger partial charge in [0.15, 0.2) is 18.9 Å². The summed E-state index contributed by atoms with van der Waals surface area (Å²) in [5.41, 5.74) is 2.62. The van der Waals surface area contributed by atoms with Crippen LogP contribution in [0.1, 0.15) is 92.9 Å². The molecule has 0 aromatic heterocycles. The lowest BCUT2D eigenvalue weighted by molar-refractivity contribution is -0.360. The van der Waals surface area contributed by atoms with Gasteiger partial charge in [0.2, 0.25) is 0 Å². The third-order valence-electron chi connectivity index (χ3n) is 17.1. The third kappa shape index (κ3) is 9.03. The van der Waals surface area contributed by atoms with Gasteiger partial charge in [0.1, 0.15) is 85.1 Å². The van der Waals surface area contributed by atoms with Gasteiger partial charge in [-0.1, -0.05) is 32.4 Å². The van der Waals surface area contributed by atoms with Crippen molar-refractivity contribution in [2.24, 2.45) is 40.4 Å². The van der Waals surface area contributed by atoms with E-state index in [-0.39, 0.29) is 47.6 Å². The van der Waals surface area contributed by atoms with Crippen LogP contribution in [0, 0.1) is 40.4 Å². The maximum atomic E-state index is 11.2. The number of allylic oxidation sites excluding steroid dienone is 1. The van der Waals surface area contributed by atoms with Crippen molar-refractivity contribution >= 4 is 0 Å². The highest BCUT2D eigenvalue weighted by molar-refractivity contribution is 5.31. The van der Waals surface area contributed by atoms with Gasteiger partial charge in [0.05, 0.1) is 32.0 Å². The summed E-state index contributed by atoms with van der Waals surface area (Å²) < 4.78 is 48.4. The van der Waals surface area contributed by atoms with Crippen molar-refractivity contribution in [3.8, 4) is 0 Å². The smallest absolute Gasteiger partial charge is 0.187 e. The van der Waals surface area contributed by atoms with E-state index in [9.17, 15) is 51.1 Å². The number of rotatable bonds is 14. The molecule has 3 saturated carbocycles. The number of aliphatic hydroxyl groups excluding tert-OH is 10.